The van der Waals surface area contributed by atoms with E-state index in [0.29, 0.717) is 0 Å². The highest BCUT2D eigenvalue weighted by Gasteiger charge is 2.13. The molecule has 0 radical (unpaired) electrons. The summed E-state index contributed by atoms with van der Waals surface area (Å²) < 4.78 is 0. The van der Waals surface area contributed by atoms with Crippen molar-refractivity contribution in [2.75, 3.05) is 11.9 Å². The second-order valence-corrected chi connectivity index (χ2v) is 4.19. The molecule has 0 heterocycles. The van der Waals surface area contributed by atoms with Crippen LogP contribution in [0.25, 0.3) is 0 Å². The number of rotatable bonds is 1. The van der Waals surface area contributed by atoms with Crippen LogP contribution in [0.3, 0.4) is 0 Å². The van der Waals surface area contributed by atoms with Crippen molar-refractivity contribution in [3.05, 3.63) is 28.8 Å². The molecule has 0 unspecified atom stereocenters. The molecule has 0 spiro atoms. The molecule has 5 heteroatoms. The lowest BCUT2D eigenvalue weighted by Gasteiger charge is -2.24. The van der Waals surface area contributed by atoms with Crippen LogP contribution in [0.5, 0.6) is 0 Å². The minimum atomic E-state index is -0.232. The zero-order valence-corrected chi connectivity index (χ0v) is 10.7. The van der Waals surface area contributed by atoms with Crippen molar-refractivity contribution in [3.63, 3.8) is 0 Å². The number of anilines is 1. The van der Waals surface area contributed by atoms with E-state index in [1.165, 1.54) is 5.56 Å². The van der Waals surface area contributed by atoms with Crippen LogP contribution in [-0.2, 0) is 0 Å². The highest BCUT2D eigenvalue weighted by Crippen LogP contribution is 2.25. The molecule has 0 aliphatic heterocycles. The van der Waals surface area contributed by atoms with Crippen LogP contribution >= 0.6 is 0 Å². The maximum absolute atomic E-state index is 7.80. The Morgan fingerprint density at radius 1 is 1.18 bits per heavy atom. The summed E-state index contributed by atoms with van der Waals surface area (Å²) in [6.45, 7) is 6.06. The number of hydrogen-bond acceptors (Lipinski definition) is 2. The van der Waals surface area contributed by atoms with E-state index in [0.717, 1.165) is 16.8 Å². The maximum Gasteiger partial charge on any atom is 0.202 e. The van der Waals surface area contributed by atoms with Gasteiger partial charge in [0.25, 0.3) is 0 Å². The third kappa shape index (κ3) is 2.96. The summed E-state index contributed by atoms with van der Waals surface area (Å²) in [7, 11) is 1.78. The quantitative estimate of drug-likeness (QED) is 0.437. The predicted molar refractivity (Wildman–Crippen MR) is 71.8 cm³/mol. The van der Waals surface area contributed by atoms with Crippen molar-refractivity contribution in [3.8, 4) is 0 Å². The molecule has 5 nitrogen and oxygen atoms in total. The minimum Gasteiger partial charge on any atom is -0.370 e. The molecule has 1 rings (SSSR count). The van der Waals surface area contributed by atoms with Crippen LogP contribution in [0, 0.1) is 31.6 Å². The monoisotopic (exact) mass is 233 g/mol. The van der Waals surface area contributed by atoms with Crippen molar-refractivity contribution in [1.29, 1.82) is 10.8 Å². The third-order valence-corrected chi connectivity index (χ3v) is 2.56. The summed E-state index contributed by atoms with van der Waals surface area (Å²) >= 11 is 0. The molecule has 0 atom stereocenters. The van der Waals surface area contributed by atoms with Gasteiger partial charge in [0.1, 0.15) is 0 Å². The van der Waals surface area contributed by atoms with E-state index in [9.17, 15) is 0 Å². The van der Waals surface area contributed by atoms with E-state index < -0.39 is 0 Å². The maximum atomic E-state index is 7.80. The Bertz CT molecular complexity index is 441. The van der Waals surface area contributed by atoms with Crippen LogP contribution < -0.4 is 16.0 Å². The molecule has 0 aliphatic carbocycles. The van der Waals surface area contributed by atoms with E-state index in [1.807, 2.05) is 20.8 Å². The van der Waals surface area contributed by atoms with Gasteiger partial charge in [-0.1, -0.05) is 17.7 Å². The van der Waals surface area contributed by atoms with Crippen molar-refractivity contribution in [2.24, 2.45) is 5.73 Å². The predicted octanol–water partition coefficient (Wildman–Crippen LogP) is 1.47. The summed E-state index contributed by atoms with van der Waals surface area (Å²) in [4.78, 5) is 1.69. The Morgan fingerprint density at radius 2 is 1.65 bits per heavy atom. The average molecular weight is 233 g/mol. The highest BCUT2D eigenvalue weighted by atomic mass is 15.3. The number of nitrogens with two attached hydrogens (primary N) is 1. The van der Waals surface area contributed by atoms with Crippen LogP contribution in [0.15, 0.2) is 12.1 Å². The minimum absolute atomic E-state index is 0.0903. The van der Waals surface area contributed by atoms with Gasteiger partial charge in [-0.25, -0.2) is 0 Å². The fraction of sp³-hybridized carbons (Fsp3) is 0.333. The molecule has 0 bridgehead atoms. The third-order valence-electron chi connectivity index (χ3n) is 2.56. The molecular weight excluding hydrogens is 214 g/mol. The summed E-state index contributed by atoms with van der Waals surface area (Å²) in [5.41, 5.74) is 9.57. The SMILES string of the molecule is Cc1cc(C)c(N(C)C(=N)NC(=N)N)c(C)c1. The molecule has 0 saturated heterocycles. The lowest BCUT2D eigenvalue weighted by molar-refractivity contribution is 1.09. The van der Waals surface area contributed by atoms with Gasteiger partial charge in [-0.05, 0) is 31.9 Å². The fourth-order valence-electron chi connectivity index (χ4n) is 2.02. The van der Waals surface area contributed by atoms with Crippen LogP contribution in [-0.4, -0.2) is 19.0 Å². The Morgan fingerprint density at radius 3 is 2.06 bits per heavy atom. The van der Waals surface area contributed by atoms with Crippen LogP contribution in [0.4, 0.5) is 5.69 Å². The van der Waals surface area contributed by atoms with Crippen molar-refractivity contribution in [1.82, 2.24) is 5.32 Å². The first kappa shape index (κ1) is 13.0. The van der Waals surface area contributed by atoms with E-state index >= 15 is 0 Å². The number of hydrogen-bond donors (Lipinski definition) is 4. The first-order valence-electron chi connectivity index (χ1n) is 5.34. The van der Waals surface area contributed by atoms with Crippen molar-refractivity contribution >= 4 is 17.6 Å². The second-order valence-electron chi connectivity index (χ2n) is 4.19. The number of aryl methyl sites for hydroxylation is 3. The van der Waals surface area contributed by atoms with E-state index in [4.69, 9.17) is 16.6 Å². The summed E-state index contributed by atoms with van der Waals surface area (Å²) in [5, 5.41) is 17.4. The van der Waals surface area contributed by atoms with Gasteiger partial charge in [-0.3, -0.25) is 16.1 Å². The molecule has 0 saturated carbocycles. The van der Waals surface area contributed by atoms with Gasteiger partial charge in [-0.15, -0.1) is 0 Å². The molecule has 92 valence electrons. The normalized spacial score (nSPS) is 9.88. The second kappa shape index (κ2) is 4.86. The summed E-state index contributed by atoms with van der Waals surface area (Å²) in [6, 6.07) is 4.14. The Hall–Kier alpha value is -2.04. The number of benzene rings is 1. The molecule has 0 aliphatic rings. The zero-order valence-electron chi connectivity index (χ0n) is 10.7. The van der Waals surface area contributed by atoms with Gasteiger partial charge in [0, 0.05) is 12.7 Å². The van der Waals surface area contributed by atoms with Gasteiger partial charge < -0.3 is 10.6 Å². The molecular formula is C12H19N5. The zero-order chi connectivity index (χ0) is 13.2. The standard InChI is InChI=1S/C12H19N5/c1-7-5-8(2)10(9(3)6-7)17(4)12(15)16-11(13)14/h5-6H,1-4H3,(H5,13,14,15,16). The summed E-state index contributed by atoms with van der Waals surface area (Å²) in [6.07, 6.45) is 0. The van der Waals surface area contributed by atoms with E-state index in [1.54, 1.807) is 11.9 Å². The fourth-order valence-corrected chi connectivity index (χ4v) is 2.02. The van der Waals surface area contributed by atoms with Gasteiger partial charge >= 0.3 is 0 Å². The average Bonchev–Trinajstić information content (AvgIpc) is 2.14. The van der Waals surface area contributed by atoms with Gasteiger partial charge in [0.2, 0.25) is 5.96 Å². The van der Waals surface area contributed by atoms with E-state index in [-0.39, 0.29) is 11.9 Å². The van der Waals surface area contributed by atoms with Crippen LogP contribution in [0.2, 0.25) is 0 Å². The molecule has 17 heavy (non-hydrogen) atoms. The Kier molecular flexibility index (Phi) is 3.73. The summed E-state index contributed by atoms with van der Waals surface area (Å²) in [5.74, 6) is -0.142. The molecule has 0 fully saturated rings. The van der Waals surface area contributed by atoms with Gasteiger partial charge in [0.15, 0.2) is 5.96 Å². The Balaban J connectivity index is 3.08. The molecule has 1 aromatic rings. The van der Waals surface area contributed by atoms with Gasteiger partial charge in [-0.2, -0.15) is 0 Å². The number of nitrogens with zero attached hydrogens (tertiary/aromatic N) is 1. The first-order valence-corrected chi connectivity index (χ1v) is 5.34. The first-order chi connectivity index (χ1) is 7.82. The highest BCUT2D eigenvalue weighted by molar-refractivity contribution is 6.04. The molecule has 1 aromatic carbocycles. The number of guanidine groups is 2. The molecule has 0 amide bonds. The Labute approximate surface area is 102 Å². The topological polar surface area (TPSA) is 89.0 Å². The lowest BCUT2D eigenvalue weighted by atomic mass is 10.0. The molecule has 0 aromatic heterocycles. The van der Waals surface area contributed by atoms with Crippen LogP contribution in [0.1, 0.15) is 16.7 Å². The van der Waals surface area contributed by atoms with Crippen molar-refractivity contribution < 1.29 is 0 Å². The number of nitrogens with one attached hydrogen (secondary N) is 3. The molecule has 5 N–H and O–H groups in total. The van der Waals surface area contributed by atoms with Gasteiger partial charge in [0.05, 0.1) is 0 Å². The van der Waals surface area contributed by atoms with Crippen molar-refractivity contribution in [2.45, 2.75) is 20.8 Å². The smallest absolute Gasteiger partial charge is 0.202 e. The van der Waals surface area contributed by atoms with E-state index in [2.05, 4.69) is 17.4 Å². The largest absolute Gasteiger partial charge is 0.370 e. The lowest BCUT2D eigenvalue weighted by Crippen LogP contribution is -2.44.